The predicted octanol–water partition coefficient (Wildman–Crippen LogP) is -0.178. The van der Waals surface area contributed by atoms with E-state index in [-0.39, 0.29) is 17.4 Å². The molecule has 2 rings (SSSR count). The van der Waals surface area contributed by atoms with Crippen LogP contribution in [0, 0.1) is 17.0 Å². The zero-order valence-electron chi connectivity index (χ0n) is 11.4. The number of hydrogen-bond donors (Lipinski definition) is 2. The molecule has 0 aromatic carbocycles. The normalized spacial score (nSPS) is 18.7. The summed E-state index contributed by atoms with van der Waals surface area (Å²) in [5.74, 6) is 0.0694. The number of carbonyl (C=O) groups is 1. The Bertz CT molecular complexity index is 534. The molecule has 1 aliphatic rings. The van der Waals surface area contributed by atoms with E-state index in [4.69, 9.17) is 0 Å². The van der Waals surface area contributed by atoms with Gasteiger partial charge >= 0.3 is 5.69 Å². The van der Waals surface area contributed by atoms with Crippen molar-refractivity contribution in [1.29, 1.82) is 0 Å². The summed E-state index contributed by atoms with van der Waals surface area (Å²) in [7, 11) is 1.55. The minimum absolute atomic E-state index is 0.0774. The van der Waals surface area contributed by atoms with Crippen molar-refractivity contribution in [3.05, 3.63) is 27.9 Å². The van der Waals surface area contributed by atoms with Crippen LogP contribution in [0.25, 0.3) is 0 Å². The van der Waals surface area contributed by atoms with Gasteiger partial charge in [0, 0.05) is 38.4 Å². The van der Waals surface area contributed by atoms with E-state index >= 15 is 0 Å². The molecule has 2 N–H and O–H groups in total. The molecule has 1 aliphatic heterocycles. The third kappa shape index (κ3) is 2.69. The summed E-state index contributed by atoms with van der Waals surface area (Å²) in [5, 5.41) is 16.8. The lowest BCUT2D eigenvalue weighted by atomic mass is 10.1. The van der Waals surface area contributed by atoms with Gasteiger partial charge in [0.15, 0.2) is 0 Å². The summed E-state index contributed by atoms with van der Waals surface area (Å²) in [6.45, 7) is 3.35. The molecule has 108 valence electrons. The van der Waals surface area contributed by atoms with Gasteiger partial charge in [0.05, 0.1) is 4.92 Å². The second kappa shape index (κ2) is 5.83. The van der Waals surface area contributed by atoms with Crippen LogP contribution >= 0.6 is 0 Å². The third-order valence-electron chi connectivity index (χ3n) is 3.25. The molecular formula is C12H17N5O3. The van der Waals surface area contributed by atoms with Gasteiger partial charge in [-0.25, -0.2) is 4.98 Å². The summed E-state index contributed by atoms with van der Waals surface area (Å²) in [5.41, 5.74) is 0.603. The van der Waals surface area contributed by atoms with Crippen molar-refractivity contribution in [2.24, 2.45) is 0 Å². The highest BCUT2D eigenvalue weighted by atomic mass is 16.6. The van der Waals surface area contributed by atoms with Crippen molar-refractivity contribution in [2.45, 2.75) is 13.0 Å². The van der Waals surface area contributed by atoms with Crippen molar-refractivity contribution >= 4 is 17.4 Å². The maximum Gasteiger partial charge on any atom is 0.311 e. The van der Waals surface area contributed by atoms with E-state index in [2.05, 4.69) is 15.6 Å². The molecule has 0 aliphatic carbocycles. The molecule has 1 aromatic rings. The van der Waals surface area contributed by atoms with Crippen LogP contribution in [0.4, 0.5) is 11.5 Å². The van der Waals surface area contributed by atoms with Crippen LogP contribution in [-0.2, 0) is 4.79 Å². The lowest BCUT2D eigenvalue weighted by molar-refractivity contribution is -0.384. The molecule has 0 radical (unpaired) electrons. The topological polar surface area (TPSA) is 100 Å². The standard InChI is InChI=1S/C12H17N5O3/c1-8-3-4-9(17(19)20)11(15-8)16-6-5-14-7-10(16)12(18)13-2/h3-4,10,14H,5-7H2,1-2H3,(H,13,18). The van der Waals surface area contributed by atoms with Crippen LogP contribution in [0.3, 0.4) is 0 Å². The molecule has 20 heavy (non-hydrogen) atoms. The maximum absolute atomic E-state index is 11.9. The molecule has 8 nitrogen and oxygen atoms in total. The van der Waals surface area contributed by atoms with Crippen molar-refractivity contribution in [1.82, 2.24) is 15.6 Å². The van der Waals surface area contributed by atoms with Gasteiger partial charge in [0.25, 0.3) is 0 Å². The number of nitro groups is 1. The Hall–Kier alpha value is -2.22. The Morgan fingerprint density at radius 1 is 1.60 bits per heavy atom. The molecule has 0 spiro atoms. The Morgan fingerprint density at radius 2 is 2.35 bits per heavy atom. The first kappa shape index (κ1) is 14.2. The first-order valence-corrected chi connectivity index (χ1v) is 6.35. The van der Waals surface area contributed by atoms with Crippen LogP contribution in [0.2, 0.25) is 0 Å². The lowest BCUT2D eigenvalue weighted by Gasteiger charge is -2.35. The zero-order valence-corrected chi connectivity index (χ0v) is 11.4. The Kier molecular flexibility index (Phi) is 4.14. The van der Waals surface area contributed by atoms with Crippen LogP contribution in [0.5, 0.6) is 0 Å². The van der Waals surface area contributed by atoms with Crippen molar-refractivity contribution in [3.8, 4) is 0 Å². The number of carbonyl (C=O) groups excluding carboxylic acids is 1. The lowest BCUT2D eigenvalue weighted by Crippen LogP contribution is -2.58. The van der Waals surface area contributed by atoms with E-state index in [0.717, 1.165) is 0 Å². The largest absolute Gasteiger partial charge is 0.357 e. The minimum atomic E-state index is -0.498. The molecule has 0 saturated carbocycles. The SMILES string of the molecule is CNC(=O)C1CNCCN1c1nc(C)ccc1[N+](=O)[O-]. The summed E-state index contributed by atoms with van der Waals surface area (Å²) in [6, 6.07) is 2.53. The molecule has 1 amide bonds. The van der Waals surface area contributed by atoms with Gasteiger partial charge in [0.1, 0.15) is 6.04 Å². The number of likely N-dealkylation sites (N-methyl/N-ethyl adjacent to an activating group) is 1. The fourth-order valence-corrected chi connectivity index (χ4v) is 2.25. The van der Waals surface area contributed by atoms with E-state index < -0.39 is 11.0 Å². The monoisotopic (exact) mass is 279 g/mol. The van der Waals surface area contributed by atoms with Gasteiger partial charge in [-0.05, 0) is 13.0 Å². The predicted molar refractivity (Wildman–Crippen MR) is 73.7 cm³/mol. The highest BCUT2D eigenvalue weighted by molar-refractivity contribution is 5.86. The smallest absolute Gasteiger partial charge is 0.311 e. The van der Waals surface area contributed by atoms with E-state index in [1.54, 1.807) is 24.9 Å². The maximum atomic E-state index is 11.9. The molecule has 8 heteroatoms. The van der Waals surface area contributed by atoms with Gasteiger partial charge in [-0.1, -0.05) is 0 Å². The first-order chi connectivity index (χ1) is 9.54. The van der Waals surface area contributed by atoms with E-state index in [1.165, 1.54) is 6.07 Å². The molecule has 0 bridgehead atoms. The van der Waals surface area contributed by atoms with E-state index in [9.17, 15) is 14.9 Å². The quantitative estimate of drug-likeness (QED) is 0.588. The van der Waals surface area contributed by atoms with Gasteiger partial charge in [-0.2, -0.15) is 0 Å². The first-order valence-electron chi connectivity index (χ1n) is 6.35. The average molecular weight is 279 g/mol. The van der Waals surface area contributed by atoms with Crippen molar-refractivity contribution in [3.63, 3.8) is 0 Å². The number of rotatable bonds is 3. The summed E-state index contributed by atoms with van der Waals surface area (Å²) < 4.78 is 0. The Labute approximate surface area is 116 Å². The fraction of sp³-hybridized carbons (Fsp3) is 0.500. The molecule has 1 fully saturated rings. The minimum Gasteiger partial charge on any atom is -0.357 e. The average Bonchev–Trinajstić information content (AvgIpc) is 2.46. The van der Waals surface area contributed by atoms with Crippen molar-refractivity contribution in [2.75, 3.05) is 31.6 Å². The van der Waals surface area contributed by atoms with Gasteiger partial charge in [0.2, 0.25) is 11.7 Å². The van der Waals surface area contributed by atoms with Crippen LogP contribution < -0.4 is 15.5 Å². The van der Waals surface area contributed by atoms with Crippen LogP contribution in [0.15, 0.2) is 12.1 Å². The third-order valence-corrected chi connectivity index (χ3v) is 3.25. The summed E-state index contributed by atoms with van der Waals surface area (Å²) in [4.78, 5) is 28.6. The number of aryl methyl sites for hydroxylation is 1. The van der Waals surface area contributed by atoms with Crippen LogP contribution in [0.1, 0.15) is 5.69 Å². The number of nitrogens with one attached hydrogen (secondary N) is 2. The number of aromatic nitrogens is 1. The van der Waals surface area contributed by atoms with E-state index in [0.29, 0.717) is 25.3 Å². The number of amides is 1. The second-order valence-electron chi connectivity index (χ2n) is 4.58. The molecule has 2 heterocycles. The molecule has 1 unspecified atom stereocenters. The number of piperazine rings is 1. The summed E-state index contributed by atoms with van der Waals surface area (Å²) in [6.07, 6.45) is 0. The molecular weight excluding hydrogens is 262 g/mol. The zero-order chi connectivity index (χ0) is 14.7. The highest BCUT2D eigenvalue weighted by Crippen LogP contribution is 2.28. The Morgan fingerprint density at radius 3 is 3.00 bits per heavy atom. The van der Waals surface area contributed by atoms with Crippen molar-refractivity contribution < 1.29 is 9.72 Å². The number of pyridine rings is 1. The molecule has 1 aromatic heterocycles. The number of anilines is 1. The summed E-state index contributed by atoms with van der Waals surface area (Å²) >= 11 is 0. The van der Waals surface area contributed by atoms with Crippen LogP contribution in [-0.4, -0.2) is 48.5 Å². The highest BCUT2D eigenvalue weighted by Gasteiger charge is 2.33. The second-order valence-corrected chi connectivity index (χ2v) is 4.58. The van der Waals surface area contributed by atoms with Gasteiger partial charge in [-0.3, -0.25) is 14.9 Å². The van der Waals surface area contributed by atoms with Gasteiger partial charge in [-0.15, -0.1) is 0 Å². The van der Waals surface area contributed by atoms with Gasteiger partial charge < -0.3 is 15.5 Å². The molecule has 1 atom stereocenters. The Balaban J connectivity index is 2.44. The molecule has 1 saturated heterocycles. The number of nitrogens with zero attached hydrogens (tertiary/aromatic N) is 3. The number of hydrogen-bond acceptors (Lipinski definition) is 6. The van der Waals surface area contributed by atoms with E-state index in [1.807, 2.05) is 0 Å². The fourth-order valence-electron chi connectivity index (χ4n) is 2.25.